The van der Waals surface area contributed by atoms with Gasteiger partial charge in [-0.1, -0.05) is 5.16 Å². The quantitative estimate of drug-likeness (QED) is 0.619. The Labute approximate surface area is 125 Å². The molecular formula is C15H15F3N2O2. The van der Waals surface area contributed by atoms with Crippen molar-refractivity contribution in [1.82, 2.24) is 5.16 Å². The lowest BCUT2D eigenvalue weighted by molar-refractivity contribution is -0.137. The molecule has 0 aliphatic rings. The van der Waals surface area contributed by atoms with Crippen molar-refractivity contribution in [2.24, 2.45) is 4.99 Å². The molecule has 4 nitrogen and oxygen atoms in total. The maximum atomic E-state index is 12.5. The van der Waals surface area contributed by atoms with E-state index < -0.39 is 11.7 Å². The summed E-state index contributed by atoms with van der Waals surface area (Å²) in [6, 6.07) is 4.53. The second-order valence-electron chi connectivity index (χ2n) is 4.92. The van der Waals surface area contributed by atoms with Gasteiger partial charge in [-0.05, 0) is 45.0 Å². The third-order valence-electron chi connectivity index (χ3n) is 2.75. The first-order valence-corrected chi connectivity index (χ1v) is 6.61. The van der Waals surface area contributed by atoms with E-state index in [0.717, 1.165) is 12.1 Å². The molecule has 2 aromatic rings. The number of benzene rings is 1. The normalized spacial score (nSPS) is 12.8. The molecule has 0 amide bonds. The number of ether oxygens (including phenoxy) is 1. The highest BCUT2D eigenvalue weighted by atomic mass is 19.4. The van der Waals surface area contributed by atoms with Crippen LogP contribution in [0, 0.1) is 6.92 Å². The summed E-state index contributed by atoms with van der Waals surface area (Å²) in [5, 5.41) is 3.65. The Morgan fingerprint density at radius 2 is 1.86 bits per heavy atom. The highest BCUT2D eigenvalue weighted by Gasteiger charge is 2.30. The first kappa shape index (κ1) is 16.1. The van der Waals surface area contributed by atoms with Crippen LogP contribution in [0.4, 0.5) is 18.9 Å². The number of alkyl halides is 3. The molecule has 0 fully saturated rings. The van der Waals surface area contributed by atoms with Gasteiger partial charge in [0.2, 0.25) is 5.90 Å². The molecule has 1 heterocycles. The standard InChI is InChI=1S/C15H15F3N2O2/c1-9(2)21-14(13-8-19-22-10(13)3)20-12-6-4-11(5-7-12)15(16,17)18/h4-9H,1-3H3. The van der Waals surface area contributed by atoms with Crippen LogP contribution in [0.3, 0.4) is 0 Å². The monoisotopic (exact) mass is 312 g/mol. The van der Waals surface area contributed by atoms with E-state index in [0.29, 0.717) is 17.0 Å². The lowest BCUT2D eigenvalue weighted by Crippen LogP contribution is -2.13. The molecule has 0 radical (unpaired) electrons. The summed E-state index contributed by atoms with van der Waals surface area (Å²) in [6.07, 6.45) is -3.06. The van der Waals surface area contributed by atoms with Gasteiger partial charge >= 0.3 is 6.18 Å². The molecule has 0 unspecified atom stereocenters. The Morgan fingerprint density at radius 3 is 2.32 bits per heavy atom. The molecule has 2 rings (SSSR count). The van der Waals surface area contributed by atoms with Crippen molar-refractivity contribution in [2.45, 2.75) is 33.1 Å². The fourth-order valence-corrected chi connectivity index (χ4v) is 1.72. The summed E-state index contributed by atoms with van der Waals surface area (Å²) in [5.74, 6) is 0.778. The molecule has 1 aromatic heterocycles. The van der Waals surface area contributed by atoms with E-state index in [-0.39, 0.29) is 12.0 Å². The first-order valence-electron chi connectivity index (χ1n) is 6.61. The Hall–Kier alpha value is -2.31. The molecule has 0 N–H and O–H groups in total. The van der Waals surface area contributed by atoms with E-state index in [1.807, 2.05) is 13.8 Å². The number of hydrogen-bond acceptors (Lipinski definition) is 4. The van der Waals surface area contributed by atoms with Crippen molar-refractivity contribution < 1.29 is 22.4 Å². The van der Waals surface area contributed by atoms with Gasteiger partial charge in [-0.2, -0.15) is 13.2 Å². The molecule has 0 aliphatic heterocycles. The molecule has 1 aromatic carbocycles. The second-order valence-corrected chi connectivity index (χ2v) is 4.92. The first-order chi connectivity index (χ1) is 10.3. The summed E-state index contributed by atoms with van der Waals surface area (Å²) in [5.41, 5.74) is 0.191. The van der Waals surface area contributed by atoms with Crippen LogP contribution in [-0.4, -0.2) is 17.2 Å². The fourth-order valence-electron chi connectivity index (χ4n) is 1.72. The Balaban J connectivity index is 2.35. The summed E-state index contributed by atoms with van der Waals surface area (Å²) < 4.78 is 48.2. The van der Waals surface area contributed by atoms with Gasteiger partial charge in [0.25, 0.3) is 0 Å². The van der Waals surface area contributed by atoms with Crippen LogP contribution in [-0.2, 0) is 10.9 Å². The van der Waals surface area contributed by atoms with E-state index >= 15 is 0 Å². The van der Waals surface area contributed by atoms with E-state index in [9.17, 15) is 13.2 Å². The number of rotatable bonds is 3. The molecule has 0 spiro atoms. The van der Waals surface area contributed by atoms with Crippen LogP contribution in [0.25, 0.3) is 0 Å². The van der Waals surface area contributed by atoms with E-state index in [1.54, 1.807) is 6.92 Å². The summed E-state index contributed by atoms with van der Waals surface area (Å²) in [4.78, 5) is 4.25. The average Bonchev–Trinajstić information content (AvgIpc) is 2.83. The number of halogens is 3. The second kappa shape index (κ2) is 6.21. The smallest absolute Gasteiger partial charge is 0.416 e. The fraction of sp³-hybridized carbons (Fsp3) is 0.333. The summed E-state index contributed by atoms with van der Waals surface area (Å²) in [6.45, 7) is 5.35. The zero-order chi connectivity index (χ0) is 16.3. The molecule has 0 saturated carbocycles. The van der Waals surface area contributed by atoms with Crippen molar-refractivity contribution in [3.8, 4) is 0 Å². The molecule has 118 valence electrons. The van der Waals surface area contributed by atoms with Gasteiger partial charge < -0.3 is 9.26 Å². The van der Waals surface area contributed by atoms with Crippen LogP contribution in [0.5, 0.6) is 0 Å². The maximum absolute atomic E-state index is 12.5. The number of nitrogens with zero attached hydrogens (tertiary/aromatic N) is 2. The SMILES string of the molecule is Cc1oncc1C(=Nc1ccc(C(F)(F)F)cc1)OC(C)C. The zero-order valence-electron chi connectivity index (χ0n) is 12.3. The van der Waals surface area contributed by atoms with Gasteiger partial charge in [-0.25, -0.2) is 4.99 Å². The Morgan fingerprint density at radius 1 is 1.23 bits per heavy atom. The third-order valence-corrected chi connectivity index (χ3v) is 2.75. The Bertz CT molecular complexity index is 658. The molecule has 7 heteroatoms. The topological polar surface area (TPSA) is 47.6 Å². The van der Waals surface area contributed by atoms with Crippen molar-refractivity contribution in [2.75, 3.05) is 0 Å². The number of aryl methyl sites for hydroxylation is 1. The lowest BCUT2D eigenvalue weighted by Gasteiger charge is -2.12. The largest absolute Gasteiger partial charge is 0.474 e. The van der Waals surface area contributed by atoms with Gasteiger partial charge in [-0.15, -0.1) is 0 Å². The predicted molar refractivity (Wildman–Crippen MR) is 75.1 cm³/mol. The minimum atomic E-state index is -4.37. The van der Waals surface area contributed by atoms with E-state index in [4.69, 9.17) is 9.26 Å². The number of aliphatic imine (C=N–C) groups is 1. The highest BCUT2D eigenvalue weighted by Crippen LogP contribution is 2.30. The molecular weight excluding hydrogens is 297 g/mol. The van der Waals surface area contributed by atoms with Crippen molar-refractivity contribution in [3.05, 3.63) is 47.3 Å². The van der Waals surface area contributed by atoms with Crippen LogP contribution in [0.1, 0.15) is 30.7 Å². The molecule has 22 heavy (non-hydrogen) atoms. The van der Waals surface area contributed by atoms with Crippen LogP contribution >= 0.6 is 0 Å². The van der Waals surface area contributed by atoms with E-state index in [2.05, 4.69) is 10.1 Å². The summed E-state index contributed by atoms with van der Waals surface area (Å²) in [7, 11) is 0. The average molecular weight is 312 g/mol. The predicted octanol–water partition coefficient (Wildman–Crippen LogP) is 4.51. The lowest BCUT2D eigenvalue weighted by atomic mass is 10.2. The van der Waals surface area contributed by atoms with Gasteiger partial charge in [-0.3, -0.25) is 0 Å². The highest BCUT2D eigenvalue weighted by molar-refractivity contribution is 5.96. The Kier molecular flexibility index (Phi) is 4.54. The zero-order valence-corrected chi connectivity index (χ0v) is 12.3. The number of hydrogen-bond donors (Lipinski definition) is 0. The van der Waals surface area contributed by atoms with Gasteiger partial charge in [0.05, 0.1) is 29.1 Å². The minimum absolute atomic E-state index is 0.150. The van der Waals surface area contributed by atoms with Gasteiger partial charge in [0.15, 0.2) is 0 Å². The van der Waals surface area contributed by atoms with Crippen LogP contribution in [0.2, 0.25) is 0 Å². The van der Waals surface area contributed by atoms with Crippen molar-refractivity contribution in [1.29, 1.82) is 0 Å². The molecule has 0 bridgehead atoms. The molecule has 0 saturated heterocycles. The van der Waals surface area contributed by atoms with Crippen molar-refractivity contribution >= 4 is 11.6 Å². The molecule has 0 aliphatic carbocycles. The van der Waals surface area contributed by atoms with E-state index in [1.165, 1.54) is 18.3 Å². The van der Waals surface area contributed by atoms with Crippen LogP contribution < -0.4 is 0 Å². The third kappa shape index (κ3) is 3.87. The summed E-state index contributed by atoms with van der Waals surface area (Å²) >= 11 is 0. The maximum Gasteiger partial charge on any atom is 0.416 e. The van der Waals surface area contributed by atoms with Crippen molar-refractivity contribution in [3.63, 3.8) is 0 Å². The van der Waals surface area contributed by atoms with Crippen LogP contribution in [0.15, 0.2) is 40.0 Å². The minimum Gasteiger partial charge on any atom is -0.474 e. The molecule has 0 atom stereocenters. The van der Waals surface area contributed by atoms with Gasteiger partial charge in [0.1, 0.15) is 5.76 Å². The number of aromatic nitrogens is 1. The van der Waals surface area contributed by atoms with Gasteiger partial charge in [0, 0.05) is 0 Å².